The van der Waals surface area contributed by atoms with Gasteiger partial charge in [0.25, 0.3) is 5.91 Å². The highest BCUT2D eigenvalue weighted by Crippen LogP contribution is 2.21. The van der Waals surface area contributed by atoms with Crippen molar-refractivity contribution in [3.05, 3.63) is 33.8 Å². The number of likely N-dealkylation sites (tertiary alicyclic amines) is 1. The molecule has 1 aliphatic heterocycles. The van der Waals surface area contributed by atoms with Gasteiger partial charge >= 0.3 is 0 Å². The number of hydrogen-bond acceptors (Lipinski definition) is 3. The lowest BCUT2D eigenvalue weighted by Gasteiger charge is -2.30. The van der Waals surface area contributed by atoms with E-state index in [1.54, 1.807) is 12.1 Å². The van der Waals surface area contributed by atoms with Crippen LogP contribution in [0.3, 0.4) is 0 Å². The molecule has 0 bridgehead atoms. The molecule has 2 rings (SSSR count). The highest BCUT2D eigenvalue weighted by Gasteiger charge is 2.25. The van der Waals surface area contributed by atoms with E-state index in [2.05, 4.69) is 22.5 Å². The summed E-state index contributed by atoms with van der Waals surface area (Å²) in [6, 6.07) is 4.07. The molecule has 0 spiro atoms. The first-order chi connectivity index (χ1) is 13.3. The summed E-state index contributed by atoms with van der Waals surface area (Å²) < 4.78 is 0. The lowest BCUT2D eigenvalue weighted by Crippen LogP contribution is -2.50. The Morgan fingerprint density at radius 3 is 2.50 bits per heavy atom. The van der Waals surface area contributed by atoms with Crippen molar-refractivity contribution in [1.82, 2.24) is 15.5 Å². The molecule has 1 fully saturated rings. The Morgan fingerprint density at radius 1 is 1.21 bits per heavy atom. The van der Waals surface area contributed by atoms with E-state index in [9.17, 15) is 9.59 Å². The molecule has 1 aromatic rings. The molecule has 0 unspecified atom stereocenters. The molecule has 0 aliphatic carbocycles. The van der Waals surface area contributed by atoms with E-state index in [0.29, 0.717) is 17.1 Å². The monoisotopic (exact) mass is 427 g/mol. The largest absolute Gasteiger partial charge is 0.354 e. The SMILES string of the molecule is CC1CCN(CCCNC(=O)[C@H](NC(=O)c2ccc(Cl)cc2Cl)C(C)C)CC1. The van der Waals surface area contributed by atoms with Gasteiger partial charge in [-0.05, 0) is 68.9 Å². The van der Waals surface area contributed by atoms with Crippen molar-refractivity contribution in [2.75, 3.05) is 26.2 Å². The summed E-state index contributed by atoms with van der Waals surface area (Å²) >= 11 is 12.0. The molecule has 156 valence electrons. The van der Waals surface area contributed by atoms with Gasteiger partial charge in [-0.3, -0.25) is 9.59 Å². The maximum Gasteiger partial charge on any atom is 0.253 e. The molecule has 1 atom stereocenters. The predicted octanol–water partition coefficient (Wildman–Crippen LogP) is 3.99. The van der Waals surface area contributed by atoms with Gasteiger partial charge in [0.05, 0.1) is 10.6 Å². The number of nitrogens with one attached hydrogen (secondary N) is 2. The van der Waals surface area contributed by atoms with Crippen molar-refractivity contribution in [1.29, 1.82) is 0 Å². The van der Waals surface area contributed by atoms with E-state index in [0.717, 1.165) is 32.0 Å². The zero-order valence-electron chi connectivity index (χ0n) is 16.9. The van der Waals surface area contributed by atoms with Gasteiger partial charge < -0.3 is 15.5 Å². The topological polar surface area (TPSA) is 61.4 Å². The third-order valence-corrected chi connectivity index (χ3v) is 5.79. The number of hydrogen-bond donors (Lipinski definition) is 2. The second kappa shape index (κ2) is 11.0. The normalized spacial score (nSPS) is 16.8. The Balaban J connectivity index is 1.81. The second-order valence-corrected chi connectivity index (χ2v) is 8.83. The molecule has 7 heteroatoms. The summed E-state index contributed by atoms with van der Waals surface area (Å²) in [4.78, 5) is 27.6. The maximum atomic E-state index is 12.6. The van der Waals surface area contributed by atoms with Crippen LogP contribution in [0, 0.1) is 11.8 Å². The van der Waals surface area contributed by atoms with E-state index < -0.39 is 6.04 Å². The number of halogens is 2. The fourth-order valence-electron chi connectivity index (χ4n) is 3.34. The van der Waals surface area contributed by atoms with Crippen molar-refractivity contribution < 1.29 is 9.59 Å². The number of amides is 2. The summed E-state index contributed by atoms with van der Waals surface area (Å²) in [6.45, 7) is 9.99. The Bertz CT molecular complexity index is 674. The van der Waals surface area contributed by atoms with Gasteiger partial charge in [0.15, 0.2) is 0 Å². The highest BCUT2D eigenvalue weighted by molar-refractivity contribution is 6.36. The lowest BCUT2D eigenvalue weighted by atomic mass is 9.99. The number of nitrogens with zero attached hydrogens (tertiary/aromatic N) is 1. The number of carbonyl (C=O) groups is 2. The fourth-order valence-corrected chi connectivity index (χ4v) is 3.83. The quantitative estimate of drug-likeness (QED) is 0.616. The summed E-state index contributed by atoms with van der Waals surface area (Å²) in [6.07, 6.45) is 3.41. The van der Waals surface area contributed by atoms with Gasteiger partial charge in [0.1, 0.15) is 6.04 Å². The summed E-state index contributed by atoms with van der Waals surface area (Å²) in [5.41, 5.74) is 0.309. The van der Waals surface area contributed by atoms with Crippen molar-refractivity contribution in [3.8, 4) is 0 Å². The smallest absolute Gasteiger partial charge is 0.253 e. The van der Waals surface area contributed by atoms with Crippen LogP contribution in [0.25, 0.3) is 0 Å². The van der Waals surface area contributed by atoms with Crippen LogP contribution < -0.4 is 10.6 Å². The van der Waals surface area contributed by atoms with E-state index >= 15 is 0 Å². The third-order valence-electron chi connectivity index (χ3n) is 5.24. The van der Waals surface area contributed by atoms with Gasteiger partial charge in [0, 0.05) is 11.6 Å². The van der Waals surface area contributed by atoms with Crippen LogP contribution in [0.4, 0.5) is 0 Å². The van der Waals surface area contributed by atoms with Crippen LogP contribution in [0.5, 0.6) is 0 Å². The maximum absolute atomic E-state index is 12.6. The van der Waals surface area contributed by atoms with Gasteiger partial charge in [0.2, 0.25) is 5.91 Å². The van der Waals surface area contributed by atoms with Crippen LogP contribution in [0.2, 0.25) is 10.0 Å². The molecule has 2 N–H and O–H groups in total. The van der Waals surface area contributed by atoms with Crippen LogP contribution in [-0.2, 0) is 4.79 Å². The standard InChI is InChI=1S/C21H31Cl2N3O2/c1-14(2)19(25-20(27)17-6-5-16(22)13-18(17)23)21(28)24-9-4-10-26-11-7-15(3)8-12-26/h5-6,13-15,19H,4,7-12H2,1-3H3,(H,24,28)(H,25,27)/t19-/m1/s1. The lowest BCUT2D eigenvalue weighted by molar-refractivity contribution is -0.123. The van der Waals surface area contributed by atoms with Gasteiger partial charge in [-0.2, -0.15) is 0 Å². The molecule has 0 saturated carbocycles. The van der Waals surface area contributed by atoms with Crippen LogP contribution in [0.1, 0.15) is 50.4 Å². The minimum atomic E-state index is -0.616. The van der Waals surface area contributed by atoms with Gasteiger partial charge in [-0.1, -0.05) is 44.0 Å². The predicted molar refractivity (Wildman–Crippen MR) is 115 cm³/mol. The number of rotatable bonds is 8. The van der Waals surface area contributed by atoms with Crippen LogP contribution in [0.15, 0.2) is 18.2 Å². The summed E-state index contributed by atoms with van der Waals surface area (Å²) in [7, 11) is 0. The minimum absolute atomic E-state index is 0.0430. The molecule has 1 aromatic carbocycles. The third kappa shape index (κ3) is 6.94. The molecule has 0 aromatic heterocycles. The second-order valence-electron chi connectivity index (χ2n) is 7.99. The zero-order valence-corrected chi connectivity index (χ0v) is 18.4. The first-order valence-corrected chi connectivity index (χ1v) is 10.8. The molecule has 2 amide bonds. The number of benzene rings is 1. The Labute approximate surface area is 178 Å². The molecule has 1 heterocycles. The Kier molecular flexibility index (Phi) is 9.06. The Hall–Kier alpha value is -1.30. The summed E-state index contributed by atoms with van der Waals surface area (Å²) in [5.74, 6) is 0.234. The molecule has 28 heavy (non-hydrogen) atoms. The summed E-state index contributed by atoms with van der Waals surface area (Å²) in [5, 5.41) is 6.49. The van der Waals surface area contributed by atoms with Gasteiger partial charge in [-0.25, -0.2) is 0 Å². The molecule has 5 nitrogen and oxygen atoms in total. The van der Waals surface area contributed by atoms with Crippen molar-refractivity contribution in [2.45, 2.75) is 46.1 Å². The van der Waals surface area contributed by atoms with Crippen molar-refractivity contribution >= 4 is 35.0 Å². The van der Waals surface area contributed by atoms with Crippen LogP contribution >= 0.6 is 23.2 Å². The van der Waals surface area contributed by atoms with E-state index in [4.69, 9.17) is 23.2 Å². The average molecular weight is 428 g/mol. The fraction of sp³-hybridized carbons (Fsp3) is 0.619. The van der Waals surface area contributed by atoms with Crippen molar-refractivity contribution in [3.63, 3.8) is 0 Å². The first kappa shape index (κ1) is 23.0. The first-order valence-electron chi connectivity index (χ1n) is 10.0. The number of piperidine rings is 1. The van der Waals surface area contributed by atoms with Gasteiger partial charge in [-0.15, -0.1) is 0 Å². The molecular weight excluding hydrogens is 397 g/mol. The van der Waals surface area contributed by atoms with Crippen molar-refractivity contribution in [2.24, 2.45) is 11.8 Å². The molecular formula is C21H31Cl2N3O2. The zero-order chi connectivity index (χ0) is 20.7. The minimum Gasteiger partial charge on any atom is -0.354 e. The Morgan fingerprint density at radius 2 is 1.89 bits per heavy atom. The highest BCUT2D eigenvalue weighted by atomic mass is 35.5. The van der Waals surface area contributed by atoms with E-state index in [-0.39, 0.29) is 22.8 Å². The van der Waals surface area contributed by atoms with E-state index in [1.807, 2.05) is 13.8 Å². The molecule has 1 aliphatic rings. The average Bonchev–Trinajstić information content (AvgIpc) is 2.64. The van der Waals surface area contributed by atoms with Crippen LogP contribution in [-0.4, -0.2) is 48.9 Å². The number of carbonyl (C=O) groups excluding carboxylic acids is 2. The molecule has 1 saturated heterocycles. The molecule has 0 radical (unpaired) electrons. The van der Waals surface area contributed by atoms with E-state index in [1.165, 1.54) is 18.9 Å².